The second-order valence-corrected chi connectivity index (χ2v) is 10.7. The normalized spacial score (nSPS) is 26.0. The Morgan fingerprint density at radius 3 is 2.69 bits per heavy atom. The number of pyridine rings is 1. The van der Waals surface area contributed by atoms with E-state index in [1.54, 1.807) is 31.4 Å². The van der Waals surface area contributed by atoms with Crippen molar-refractivity contribution in [3.8, 4) is 17.1 Å². The molecule has 3 N–H and O–H groups in total. The first-order chi connectivity index (χ1) is 20.2. The zero-order chi connectivity index (χ0) is 29.6. The fourth-order valence-corrected chi connectivity index (χ4v) is 5.70. The number of ether oxygens (including phenoxy) is 5. The molecular weight excluding hydrogens is 547 g/mol. The number of aryl methyl sites for hydroxylation is 1. The summed E-state index contributed by atoms with van der Waals surface area (Å²) in [6, 6.07) is 9.42. The summed E-state index contributed by atoms with van der Waals surface area (Å²) in [7, 11) is 3.09. The Morgan fingerprint density at radius 1 is 1.10 bits per heavy atom. The highest BCUT2D eigenvalue weighted by Crippen LogP contribution is 2.39. The molecule has 0 spiro atoms. The first-order valence-electron chi connectivity index (χ1n) is 13.6. The van der Waals surface area contributed by atoms with Crippen LogP contribution in [0.3, 0.4) is 0 Å². The van der Waals surface area contributed by atoms with Gasteiger partial charge in [0, 0.05) is 25.2 Å². The lowest BCUT2D eigenvalue weighted by atomic mass is 9.91. The van der Waals surface area contributed by atoms with Gasteiger partial charge in [0.25, 0.3) is 0 Å². The molecule has 12 nitrogen and oxygen atoms in total. The summed E-state index contributed by atoms with van der Waals surface area (Å²) >= 11 is 0. The van der Waals surface area contributed by atoms with Crippen molar-refractivity contribution < 1.29 is 32.9 Å². The lowest BCUT2D eigenvalue weighted by Gasteiger charge is -2.27. The van der Waals surface area contributed by atoms with Gasteiger partial charge in [0.05, 0.1) is 35.8 Å². The lowest BCUT2D eigenvalue weighted by molar-refractivity contribution is -0.232. The van der Waals surface area contributed by atoms with Crippen molar-refractivity contribution in [2.24, 2.45) is 4.99 Å². The predicted molar refractivity (Wildman–Crippen MR) is 149 cm³/mol. The maximum Gasteiger partial charge on any atom is 0.220 e. The Labute approximate surface area is 242 Å². The number of halogens is 1. The highest BCUT2D eigenvalue weighted by atomic mass is 19.1. The molecule has 0 radical (unpaired) electrons. The molecule has 2 fully saturated rings. The van der Waals surface area contributed by atoms with Crippen LogP contribution in [-0.2, 0) is 30.2 Å². The van der Waals surface area contributed by atoms with E-state index in [9.17, 15) is 4.39 Å². The van der Waals surface area contributed by atoms with Gasteiger partial charge < -0.3 is 29.4 Å². The molecule has 1 aromatic carbocycles. The second-order valence-electron chi connectivity index (χ2n) is 10.7. The minimum Gasteiger partial charge on any atom is -0.481 e. The van der Waals surface area contributed by atoms with E-state index in [-0.39, 0.29) is 24.8 Å². The van der Waals surface area contributed by atoms with Crippen molar-refractivity contribution in [3.63, 3.8) is 0 Å². The van der Waals surface area contributed by atoms with E-state index < -0.39 is 30.0 Å². The molecule has 42 heavy (non-hydrogen) atoms. The van der Waals surface area contributed by atoms with Gasteiger partial charge in [-0.05, 0) is 44.5 Å². The molecule has 0 amide bonds. The Morgan fingerprint density at radius 2 is 1.90 bits per heavy atom. The molecule has 222 valence electrons. The number of amidine groups is 1. The molecule has 3 aliphatic rings. The molecule has 13 heteroatoms. The van der Waals surface area contributed by atoms with Crippen LogP contribution < -0.4 is 16.0 Å². The van der Waals surface area contributed by atoms with Gasteiger partial charge in [0.2, 0.25) is 11.8 Å². The zero-order valence-corrected chi connectivity index (χ0v) is 24.0. The van der Waals surface area contributed by atoms with Gasteiger partial charge >= 0.3 is 0 Å². The summed E-state index contributed by atoms with van der Waals surface area (Å²) in [6.07, 6.45) is -1.39. The molecule has 0 bridgehead atoms. The number of anilines is 1. The Bertz CT molecular complexity index is 1520. The summed E-state index contributed by atoms with van der Waals surface area (Å²) in [4.78, 5) is 24.3. The van der Waals surface area contributed by atoms with Crippen LogP contribution in [0.2, 0.25) is 0 Å². The van der Waals surface area contributed by atoms with Gasteiger partial charge in [-0.25, -0.2) is 24.8 Å². The van der Waals surface area contributed by atoms with Crippen molar-refractivity contribution in [2.75, 3.05) is 26.6 Å². The first kappa shape index (κ1) is 28.4. The first-order valence-corrected chi connectivity index (χ1v) is 13.6. The maximum absolute atomic E-state index is 14.5. The molecule has 5 atom stereocenters. The van der Waals surface area contributed by atoms with E-state index in [0.29, 0.717) is 46.3 Å². The Kier molecular flexibility index (Phi) is 7.53. The molecule has 5 heterocycles. The fourth-order valence-electron chi connectivity index (χ4n) is 5.70. The molecule has 0 unspecified atom stereocenters. The fraction of sp³-hybridized carbons (Fsp3) is 0.448. The van der Waals surface area contributed by atoms with E-state index in [2.05, 4.69) is 20.4 Å². The molecule has 2 saturated heterocycles. The summed E-state index contributed by atoms with van der Waals surface area (Å²) in [6.45, 7) is 5.64. The molecule has 6 rings (SSSR count). The van der Waals surface area contributed by atoms with Crippen molar-refractivity contribution in [1.29, 1.82) is 0 Å². The Hall–Kier alpha value is -3.75. The number of methoxy groups -OCH3 is 2. The largest absolute Gasteiger partial charge is 0.481 e. The molecule has 3 aromatic rings. The molecular formula is C29H33FN6O6. The molecule has 3 aliphatic heterocycles. The van der Waals surface area contributed by atoms with Crippen LogP contribution in [0.4, 0.5) is 10.3 Å². The average Bonchev–Trinajstić information content (AvgIpc) is 3.44. The van der Waals surface area contributed by atoms with Crippen molar-refractivity contribution in [3.05, 3.63) is 64.7 Å². The van der Waals surface area contributed by atoms with Crippen LogP contribution in [0.15, 0.2) is 41.4 Å². The summed E-state index contributed by atoms with van der Waals surface area (Å²) in [5.41, 5.74) is 12.9. The van der Waals surface area contributed by atoms with Crippen molar-refractivity contribution in [1.82, 2.24) is 20.4 Å². The third-order valence-electron chi connectivity index (χ3n) is 7.43. The van der Waals surface area contributed by atoms with Crippen LogP contribution >= 0.6 is 0 Å². The van der Waals surface area contributed by atoms with Crippen molar-refractivity contribution in [2.45, 2.75) is 63.6 Å². The van der Waals surface area contributed by atoms with E-state index in [4.69, 9.17) is 39.2 Å². The number of fused-ring (bicyclic) bond motifs is 2. The number of benzene rings is 1. The number of nitrogens with zero attached hydrogens (tertiary/aromatic N) is 4. The minimum absolute atomic E-state index is 0.115. The zero-order valence-electron chi connectivity index (χ0n) is 24.0. The van der Waals surface area contributed by atoms with E-state index in [1.165, 1.54) is 19.2 Å². The number of hydrogen-bond acceptors (Lipinski definition) is 12. The van der Waals surface area contributed by atoms with Crippen LogP contribution in [0.25, 0.3) is 11.3 Å². The quantitative estimate of drug-likeness (QED) is 0.398. The Balaban J connectivity index is 1.30. The van der Waals surface area contributed by atoms with Crippen molar-refractivity contribution >= 4 is 11.8 Å². The molecule has 0 saturated carbocycles. The van der Waals surface area contributed by atoms with Gasteiger partial charge in [0.1, 0.15) is 30.7 Å². The lowest BCUT2D eigenvalue weighted by Crippen LogP contribution is -2.38. The highest BCUT2D eigenvalue weighted by molar-refractivity contribution is 6.01. The van der Waals surface area contributed by atoms with Crippen LogP contribution in [0.5, 0.6) is 5.88 Å². The van der Waals surface area contributed by atoms with Crippen LogP contribution in [0, 0.1) is 12.7 Å². The van der Waals surface area contributed by atoms with Gasteiger partial charge in [-0.1, -0.05) is 12.1 Å². The SMILES string of the molecule is COc1cccc(-c2cc(F)ccc2[C@H]2Cc3nc(N)nc(C)c3C(NOC[C@H]3O[C@@H](OC)[C@@H]4OC(C)(C)O[C@@H]43)=N2)n1. The number of hydrogen-bond donors (Lipinski definition) is 2. The van der Waals surface area contributed by atoms with Crippen LogP contribution in [0.1, 0.15) is 42.4 Å². The topological polar surface area (TPSA) is 144 Å². The molecule has 0 aliphatic carbocycles. The summed E-state index contributed by atoms with van der Waals surface area (Å²) in [5.74, 6) is -0.181. The second kappa shape index (κ2) is 11.2. The van der Waals surface area contributed by atoms with Crippen LogP contribution in [-0.4, -0.2) is 72.0 Å². The average molecular weight is 581 g/mol. The van der Waals surface area contributed by atoms with Gasteiger partial charge in [0.15, 0.2) is 17.9 Å². The molecule has 2 aromatic heterocycles. The smallest absolute Gasteiger partial charge is 0.220 e. The summed E-state index contributed by atoms with van der Waals surface area (Å²) < 4.78 is 43.3. The monoisotopic (exact) mass is 580 g/mol. The van der Waals surface area contributed by atoms with Gasteiger partial charge in [-0.2, -0.15) is 0 Å². The predicted octanol–water partition coefficient (Wildman–Crippen LogP) is 3.03. The van der Waals surface area contributed by atoms with E-state index in [0.717, 1.165) is 5.56 Å². The maximum atomic E-state index is 14.5. The third-order valence-corrected chi connectivity index (χ3v) is 7.43. The number of hydroxylamine groups is 1. The summed E-state index contributed by atoms with van der Waals surface area (Å²) in [5, 5.41) is 0. The number of nitrogens with two attached hydrogens (primary N) is 1. The highest BCUT2D eigenvalue weighted by Gasteiger charge is 2.55. The minimum atomic E-state index is -0.764. The van der Waals surface area contributed by atoms with E-state index >= 15 is 0 Å². The number of nitrogens with one attached hydrogen (secondary N) is 1. The van der Waals surface area contributed by atoms with Gasteiger partial charge in [-0.15, -0.1) is 0 Å². The standard InChI is InChI=1S/C29H33FN6O6/c1-14-23-20(35-28(31)32-14)12-19(16-10-9-15(30)11-17(16)18-7-6-8-22(33-18)37-4)34-26(23)36-39-13-21-24-25(27(38-5)40-21)42-29(2,3)41-24/h6-11,19,21,24-25,27H,12-13H2,1-5H3,(H,34,36)(H2,31,32,35)/t19-,21-,24-,25-,27-/m1/s1. The number of aliphatic imine (C=N–C) groups is 1. The van der Waals surface area contributed by atoms with Gasteiger partial charge in [-0.3, -0.25) is 9.83 Å². The number of nitrogen functional groups attached to an aromatic ring is 1. The number of aromatic nitrogens is 3. The van der Waals surface area contributed by atoms with E-state index in [1.807, 2.05) is 20.8 Å². The number of rotatable bonds is 7. The third kappa shape index (κ3) is 5.41.